The lowest BCUT2D eigenvalue weighted by molar-refractivity contribution is 0.269. The molecule has 0 heterocycles. The molecular weight excluding hydrogens is 393 g/mol. The van der Waals surface area contributed by atoms with Crippen molar-refractivity contribution in [2.45, 2.75) is 26.6 Å². The lowest BCUT2D eigenvalue weighted by Gasteiger charge is -2.15. The summed E-state index contributed by atoms with van der Waals surface area (Å²) in [5.74, 6) is 1.38. The van der Waals surface area contributed by atoms with E-state index in [9.17, 15) is 0 Å². The highest BCUT2D eigenvalue weighted by Gasteiger charge is 2.10. The molecule has 3 aromatic carbocycles. The summed E-state index contributed by atoms with van der Waals surface area (Å²) in [7, 11) is 0. The van der Waals surface area contributed by atoms with E-state index in [1.54, 1.807) is 12.1 Å². The highest BCUT2D eigenvalue weighted by atomic mass is 35.5. The Balaban J connectivity index is 1.65. The smallest absolute Gasteiger partial charge is 0.161 e. The van der Waals surface area contributed by atoms with Crippen LogP contribution in [-0.2, 0) is 19.7 Å². The molecule has 0 aliphatic heterocycles. The lowest BCUT2D eigenvalue weighted by Crippen LogP contribution is -2.12. The molecule has 0 atom stereocenters. The molecule has 0 radical (unpaired) electrons. The van der Waals surface area contributed by atoms with E-state index in [-0.39, 0.29) is 6.61 Å². The number of ether oxygens (including phenoxy) is 2. The third kappa shape index (κ3) is 5.65. The molecule has 28 heavy (non-hydrogen) atoms. The van der Waals surface area contributed by atoms with Crippen LogP contribution in [-0.4, -0.2) is 6.61 Å². The van der Waals surface area contributed by atoms with Crippen molar-refractivity contribution in [2.24, 2.45) is 0 Å². The second kappa shape index (κ2) is 10.4. The Morgan fingerprint density at radius 2 is 1.46 bits per heavy atom. The van der Waals surface area contributed by atoms with Crippen LogP contribution in [0.25, 0.3) is 0 Å². The molecule has 0 aliphatic carbocycles. The van der Waals surface area contributed by atoms with Crippen LogP contribution in [0.2, 0.25) is 10.0 Å². The van der Waals surface area contributed by atoms with Crippen molar-refractivity contribution in [3.8, 4) is 11.5 Å². The quantitative estimate of drug-likeness (QED) is 0.447. The zero-order valence-corrected chi connectivity index (χ0v) is 17.3. The van der Waals surface area contributed by atoms with Crippen LogP contribution >= 0.6 is 23.2 Å². The van der Waals surface area contributed by atoms with Crippen LogP contribution in [0, 0.1) is 0 Å². The molecule has 0 unspecified atom stereocenters. The van der Waals surface area contributed by atoms with Gasteiger partial charge in [-0.05, 0) is 42.3 Å². The summed E-state index contributed by atoms with van der Waals surface area (Å²) in [4.78, 5) is 0. The van der Waals surface area contributed by atoms with E-state index in [4.69, 9.17) is 32.7 Å². The molecule has 5 heteroatoms. The molecule has 0 fully saturated rings. The zero-order valence-electron chi connectivity index (χ0n) is 15.8. The van der Waals surface area contributed by atoms with Crippen molar-refractivity contribution in [3.63, 3.8) is 0 Å². The third-order valence-corrected chi connectivity index (χ3v) is 4.95. The molecule has 0 bridgehead atoms. The molecule has 3 rings (SSSR count). The second-order valence-corrected chi connectivity index (χ2v) is 7.11. The molecule has 0 saturated carbocycles. The standard InChI is InChI=1S/C23H23Cl2NO2/c1-2-27-23-13-18(15-26-14-17-7-4-3-5-8-17)11-12-22(23)28-16-19-20(24)9-6-10-21(19)25/h3-13,26H,2,14-16H2,1H3. The highest BCUT2D eigenvalue weighted by molar-refractivity contribution is 6.35. The van der Waals surface area contributed by atoms with Gasteiger partial charge in [-0.3, -0.25) is 0 Å². The average molecular weight is 416 g/mol. The molecule has 3 nitrogen and oxygen atoms in total. The molecule has 0 saturated heterocycles. The van der Waals surface area contributed by atoms with Gasteiger partial charge in [0.1, 0.15) is 6.61 Å². The monoisotopic (exact) mass is 415 g/mol. The zero-order chi connectivity index (χ0) is 19.8. The summed E-state index contributed by atoms with van der Waals surface area (Å²) in [6.45, 7) is 4.35. The van der Waals surface area contributed by atoms with Gasteiger partial charge in [0.25, 0.3) is 0 Å². The Morgan fingerprint density at radius 1 is 0.750 bits per heavy atom. The van der Waals surface area contributed by atoms with Crippen molar-refractivity contribution in [2.75, 3.05) is 6.61 Å². The summed E-state index contributed by atoms with van der Waals surface area (Å²) < 4.78 is 11.7. The first-order valence-electron chi connectivity index (χ1n) is 9.23. The second-order valence-electron chi connectivity index (χ2n) is 6.29. The van der Waals surface area contributed by atoms with Crippen molar-refractivity contribution in [3.05, 3.63) is 93.5 Å². The summed E-state index contributed by atoms with van der Waals surface area (Å²) in [5.41, 5.74) is 3.15. The number of hydrogen-bond acceptors (Lipinski definition) is 3. The summed E-state index contributed by atoms with van der Waals surface area (Å²) in [6.07, 6.45) is 0. The number of benzene rings is 3. The minimum atomic E-state index is 0.282. The van der Waals surface area contributed by atoms with Gasteiger partial charge >= 0.3 is 0 Å². The fourth-order valence-corrected chi connectivity index (χ4v) is 3.32. The minimum Gasteiger partial charge on any atom is -0.490 e. The van der Waals surface area contributed by atoms with Crippen LogP contribution in [0.15, 0.2) is 66.7 Å². The Labute approximate surface area is 176 Å². The van der Waals surface area contributed by atoms with Crippen molar-refractivity contribution in [1.82, 2.24) is 5.32 Å². The van der Waals surface area contributed by atoms with E-state index in [0.717, 1.165) is 24.2 Å². The number of nitrogens with one attached hydrogen (secondary N) is 1. The van der Waals surface area contributed by atoms with Crippen molar-refractivity contribution in [1.29, 1.82) is 0 Å². The molecular formula is C23H23Cl2NO2. The van der Waals surface area contributed by atoms with Gasteiger partial charge in [-0.1, -0.05) is 65.7 Å². The van der Waals surface area contributed by atoms with Gasteiger partial charge in [-0.2, -0.15) is 0 Å². The first-order chi connectivity index (χ1) is 13.7. The summed E-state index contributed by atoms with van der Waals surface area (Å²) in [6, 6.07) is 21.7. The van der Waals surface area contributed by atoms with Gasteiger partial charge in [0, 0.05) is 28.7 Å². The Morgan fingerprint density at radius 3 is 2.18 bits per heavy atom. The van der Waals surface area contributed by atoms with Gasteiger partial charge in [0.2, 0.25) is 0 Å². The van der Waals surface area contributed by atoms with Crippen molar-refractivity contribution >= 4 is 23.2 Å². The Kier molecular flexibility index (Phi) is 7.61. The normalized spacial score (nSPS) is 10.7. The number of hydrogen-bond donors (Lipinski definition) is 1. The fourth-order valence-electron chi connectivity index (χ4n) is 2.82. The van der Waals surface area contributed by atoms with E-state index in [1.165, 1.54) is 5.56 Å². The predicted molar refractivity (Wildman–Crippen MR) is 115 cm³/mol. The lowest BCUT2D eigenvalue weighted by atomic mass is 10.2. The van der Waals surface area contributed by atoms with Crippen molar-refractivity contribution < 1.29 is 9.47 Å². The average Bonchev–Trinajstić information content (AvgIpc) is 2.70. The first-order valence-corrected chi connectivity index (χ1v) is 9.99. The van der Waals surface area contributed by atoms with E-state index in [2.05, 4.69) is 17.4 Å². The number of rotatable bonds is 9. The van der Waals surface area contributed by atoms with E-state index in [0.29, 0.717) is 28.2 Å². The number of halogens is 2. The SMILES string of the molecule is CCOc1cc(CNCc2ccccc2)ccc1OCc1c(Cl)cccc1Cl. The van der Waals surface area contributed by atoms with E-state index in [1.807, 2.05) is 49.4 Å². The van der Waals surface area contributed by atoms with E-state index < -0.39 is 0 Å². The van der Waals surface area contributed by atoms with Crippen LogP contribution in [0.4, 0.5) is 0 Å². The largest absolute Gasteiger partial charge is 0.490 e. The molecule has 3 aromatic rings. The van der Waals surface area contributed by atoms with Gasteiger partial charge in [-0.25, -0.2) is 0 Å². The molecule has 0 aromatic heterocycles. The molecule has 0 spiro atoms. The van der Waals surface area contributed by atoms with Crippen LogP contribution in [0.5, 0.6) is 11.5 Å². The molecule has 146 valence electrons. The van der Waals surface area contributed by atoms with Gasteiger partial charge in [0.05, 0.1) is 6.61 Å². The van der Waals surface area contributed by atoms with Crippen LogP contribution in [0.3, 0.4) is 0 Å². The van der Waals surface area contributed by atoms with Crippen LogP contribution in [0.1, 0.15) is 23.6 Å². The predicted octanol–water partition coefficient (Wildman–Crippen LogP) is 6.26. The Bertz CT molecular complexity index is 880. The maximum absolute atomic E-state index is 6.23. The topological polar surface area (TPSA) is 30.5 Å². The molecule has 1 N–H and O–H groups in total. The maximum Gasteiger partial charge on any atom is 0.161 e. The van der Waals surface area contributed by atoms with Gasteiger partial charge in [-0.15, -0.1) is 0 Å². The third-order valence-electron chi connectivity index (χ3n) is 4.24. The fraction of sp³-hybridized carbons (Fsp3) is 0.217. The maximum atomic E-state index is 6.23. The highest BCUT2D eigenvalue weighted by Crippen LogP contribution is 2.31. The minimum absolute atomic E-state index is 0.282. The van der Waals surface area contributed by atoms with Gasteiger partial charge < -0.3 is 14.8 Å². The summed E-state index contributed by atoms with van der Waals surface area (Å²) >= 11 is 12.5. The van der Waals surface area contributed by atoms with E-state index >= 15 is 0 Å². The summed E-state index contributed by atoms with van der Waals surface area (Å²) in [5, 5.41) is 4.63. The molecule has 0 aliphatic rings. The Hall–Kier alpha value is -2.20. The molecule has 0 amide bonds. The first kappa shape index (κ1) is 20.5. The van der Waals surface area contributed by atoms with Crippen LogP contribution < -0.4 is 14.8 Å². The van der Waals surface area contributed by atoms with Gasteiger partial charge in [0.15, 0.2) is 11.5 Å².